The zero-order chi connectivity index (χ0) is 19.3. The smallest absolute Gasteiger partial charge is 0.313 e. The van der Waals surface area contributed by atoms with Gasteiger partial charge in [-0.15, -0.1) is 0 Å². The number of carbonyl (C=O) groups excluding carboxylic acids is 2. The molecule has 1 aliphatic heterocycles. The van der Waals surface area contributed by atoms with Crippen molar-refractivity contribution in [1.29, 1.82) is 0 Å². The zero-order valence-corrected chi connectivity index (χ0v) is 17.4. The third kappa shape index (κ3) is 2.13. The molecule has 0 amide bonds. The van der Waals surface area contributed by atoms with Crippen LogP contribution in [0.1, 0.15) is 52.9 Å². The second-order valence-electron chi connectivity index (χ2n) is 11.2. The van der Waals surface area contributed by atoms with Gasteiger partial charge >= 0.3 is 11.9 Å². The summed E-state index contributed by atoms with van der Waals surface area (Å²) in [6, 6.07) is 0. The lowest BCUT2D eigenvalue weighted by Gasteiger charge is -2.45. The van der Waals surface area contributed by atoms with Crippen LogP contribution in [0, 0.1) is 71.0 Å². The summed E-state index contributed by atoms with van der Waals surface area (Å²) in [5, 5.41) is 0. The SMILES string of the molecule is CC1C(C)C2CC1C1C3CC(C(C(=O)OCC4C(=O)OC5CCCC54)C3C)C21. The molecule has 28 heavy (non-hydrogen) atoms. The molecule has 154 valence electrons. The summed E-state index contributed by atoms with van der Waals surface area (Å²) in [5.74, 6) is 6.65. The predicted molar refractivity (Wildman–Crippen MR) is 103 cm³/mol. The van der Waals surface area contributed by atoms with E-state index in [0.29, 0.717) is 17.8 Å². The van der Waals surface area contributed by atoms with Gasteiger partial charge in [-0.25, -0.2) is 0 Å². The summed E-state index contributed by atoms with van der Waals surface area (Å²) in [6.07, 6.45) is 5.85. The van der Waals surface area contributed by atoms with Crippen molar-refractivity contribution in [3.05, 3.63) is 0 Å². The number of esters is 2. The summed E-state index contributed by atoms with van der Waals surface area (Å²) in [4.78, 5) is 25.4. The number of fused-ring (bicyclic) bond motifs is 10. The fourth-order valence-corrected chi connectivity index (χ4v) is 9.37. The molecular formula is C24H34O4. The number of hydrogen-bond donors (Lipinski definition) is 0. The molecule has 5 saturated carbocycles. The highest BCUT2D eigenvalue weighted by atomic mass is 16.6. The van der Waals surface area contributed by atoms with Crippen molar-refractivity contribution >= 4 is 11.9 Å². The number of ether oxygens (including phenoxy) is 2. The first-order valence-corrected chi connectivity index (χ1v) is 11.8. The Hall–Kier alpha value is -1.06. The second-order valence-corrected chi connectivity index (χ2v) is 11.2. The van der Waals surface area contributed by atoms with Gasteiger partial charge in [0, 0.05) is 5.92 Å². The van der Waals surface area contributed by atoms with Gasteiger partial charge in [0.1, 0.15) is 12.7 Å². The van der Waals surface area contributed by atoms with E-state index in [4.69, 9.17) is 9.47 Å². The minimum absolute atomic E-state index is 0.0174. The molecule has 1 saturated heterocycles. The van der Waals surface area contributed by atoms with Gasteiger partial charge in [-0.05, 0) is 85.4 Å². The minimum Gasteiger partial charge on any atom is -0.465 e. The van der Waals surface area contributed by atoms with E-state index < -0.39 is 0 Å². The van der Waals surface area contributed by atoms with E-state index in [2.05, 4.69) is 20.8 Å². The van der Waals surface area contributed by atoms with E-state index >= 15 is 0 Å². The Bertz CT molecular complexity index is 703. The van der Waals surface area contributed by atoms with Crippen molar-refractivity contribution in [1.82, 2.24) is 0 Å². The van der Waals surface area contributed by atoms with Gasteiger partial charge in [-0.2, -0.15) is 0 Å². The molecule has 0 aromatic heterocycles. The molecule has 1 heterocycles. The second kappa shape index (κ2) is 5.98. The van der Waals surface area contributed by atoms with Crippen molar-refractivity contribution in [3.8, 4) is 0 Å². The van der Waals surface area contributed by atoms with Crippen LogP contribution in [-0.2, 0) is 19.1 Å². The van der Waals surface area contributed by atoms with Crippen LogP contribution >= 0.6 is 0 Å². The van der Waals surface area contributed by atoms with Gasteiger partial charge in [0.25, 0.3) is 0 Å². The summed E-state index contributed by atoms with van der Waals surface area (Å²) in [6.45, 7) is 7.44. The largest absolute Gasteiger partial charge is 0.465 e. The molecule has 6 rings (SSSR count). The number of carbonyl (C=O) groups is 2. The Labute approximate surface area is 168 Å². The molecule has 13 unspecified atom stereocenters. The molecule has 0 N–H and O–H groups in total. The van der Waals surface area contributed by atoms with Crippen LogP contribution in [0.25, 0.3) is 0 Å². The normalized spacial score (nSPS) is 58.1. The summed E-state index contributed by atoms with van der Waals surface area (Å²) in [7, 11) is 0. The third-order valence-electron chi connectivity index (χ3n) is 10.7. The lowest BCUT2D eigenvalue weighted by molar-refractivity contribution is -0.158. The maximum atomic E-state index is 13.2. The van der Waals surface area contributed by atoms with Crippen LogP contribution in [0.3, 0.4) is 0 Å². The molecule has 5 aliphatic carbocycles. The van der Waals surface area contributed by atoms with Crippen LogP contribution in [0.4, 0.5) is 0 Å². The predicted octanol–water partition coefficient (Wildman–Crippen LogP) is 3.93. The highest BCUT2D eigenvalue weighted by Crippen LogP contribution is 2.72. The van der Waals surface area contributed by atoms with E-state index in [-0.39, 0.29) is 42.4 Å². The number of rotatable bonds is 3. The maximum Gasteiger partial charge on any atom is 0.313 e. The Morgan fingerprint density at radius 2 is 1.57 bits per heavy atom. The van der Waals surface area contributed by atoms with Gasteiger partial charge in [-0.1, -0.05) is 20.8 Å². The van der Waals surface area contributed by atoms with E-state index in [0.717, 1.165) is 54.8 Å². The van der Waals surface area contributed by atoms with Crippen LogP contribution in [0.2, 0.25) is 0 Å². The van der Waals surface area contributed by atoms with E-state index in [9.17, 15) is 9.59 Å². The highest BCUT2D eigenvalue weighted by Gasteiger charge is 2.69. The average Bonchev–Trinajstić information content (AvgIpc) is 3.44. The van der Waals surface area contributed by atoms with Crippen molar-refractivity contribution in [2.45, 2.75) is 59.0 Å². The number of hydrogen-bond acceptors (Lipinski definition) is 4. The van der Waals surface area contributed by atoms with Gasteiger partial charge in [-0.3, -0.25) is 9.59 Å². The Kier molecular flexibility index (Phi) is 3.80. The molecule has 0 aromatic rings. The van der Waals surface area contributed by atoms with Crippen molar-refractivity contribution < 1.29 is 19.1 Å². The lowest BCUT2D eigenvalue weighted by atomic mass is 9.59. The fourth-order valence-electron chi connectivity index (χ4n) is 9.37. The van der Waals surface area contributed by atoms with E-state index in [1.807, 2.05) is 0 Å². The van der Waals surface area contributed by atoms with E-state index in [1.165, 1.54) is 12.8 Å². The third-order valence-corrected chi connectivity index (χ3v) is 10.7. The summed E-state index contributed by atoms with van der Waals surface area (Å²) < 4.78 is 11.4. The lowest BCUT2D eigenvalue weighted by Crippen LogP contribution is -2.44. The van der Waals surface area contributed by atoms with Gasteiger partial charge in [0.05, 0.1) is 11.8 Å². The summed E-state index contributed by atoms with van der Waals surface area (Å²) in [5.41, 5.74) is 0. The highest BCUT2D eigenvalue weighted by molar-refractivity contribution is 5.77. The Morgan fingerprint density at radius 1 is 0.929 bits per heavy atom. The monoisotopic (exact) mass is 386 g/mol. The average molecular weight is 387 g/mol. The van der Waals surface area contributed by atoms with E-state index in [1.54, 1.807) is 0 Å². The molecular weight excluding hydrogens is 352 g/mol. The summed E-state index contributed by atoms with van der Waals surface area (Å²) >= 11 is 0. The topological polar surface area (TPSA) is 52.6 Å². The van der Waals surface area contributed by atoms with Crippen molar-refractivity contribution in [3.63, 3.8) is 0 Å². The van der Waals surface area contributed by atoms with Gasteiger partial charge in [0.2, 0.25) is 0 Å². The molecule has 6 aliphatic rings. The molecule has 13 atom stereocenters. The Morgan fingerprint density at radius 3 is 2.32 bits per heavy atom. The fraction of sp³-hybridized carbons (Fsp3) is 0.917. The van der Waals surface area contributed by atoms with Crippen molar-refractivity contribution in [2.24, 2.45) is 71.0 Å². The Balaban J connectivity index is 1.16. The molecule has 4 bridgehead atoms. The minimum atomic E-state index is -0.221. The van der Waals surface area contributed by atoms with Crippen LogP contribution in [0.5, 0.6) is 0 Å². The van der Waals surface area contributed by atoms with Crippen LogP contribution in [0.15, 0.2) is 0 Å². The maximum absolute atomic E-state index is 13.2. The molecule has 0 radical (unpaired) electrons. The molecule has 6 fully saturated rings. The van der Waals surface area contributed by atoms with Crippen molar-refractivity contribution in [2.75, 3.05) is 6.61 Å². The molecule has 0 spiro atoms. The van der Waals surface area contributed by atoms with Crippen LogP contribution in [-0.4, -0.2) is 24.6 Å². The molecule has 4 nitrogen and oxygen atoms in total. The standard InChI is InChI=1S/C24H34O4/c1-10-11(2)15-7-14(10)21-16-8-17(22(15)21)20(12(16)3)24(26)27-9-18-13-5-4-6-19(13)28-23(18)25/h10-22H,4-9H2,1-3H3. The first kappa shape index (κ1) is 17.8. The first-order valence-electron chi connectivity index (χ1n) is 11.8. The molecule has 0 aromatic carbocycles. The van der Waals surface area contributed by atoms with Gasteiger partial charge in [0.15, 0.2) is 0 Å². The molecule has 4 heteroatoms. The first-order chi connectivity index (χ1) is 13.5. The quantitative estimate of drug-likeness (QED) is 0.545. The van der Waals surface area contributed by atoms with Crippen LogP contribution < -0.4 is 0 Å². The zero-order valence-electron chi connectivity index (χ0n) is 17.4. The van der Waals surface area contributed by atoms with Gasteiger partial charge < -0.3 is 9.47 Å².